The molecular weight excluding hydrogens is 250 g/mol. The van der Waals surface area contributed by atoms with Gasteiger partial charge in [-0.1, -0.05) is 25.1 Å². The molecule has 5 heteroatoms. The minimum atomic E-state index is -2.53. The molecule has 0 fully saturated rings. The van der Waals surface area contributed by atoms with E-state index in [4.69, 9.17) is 0 Å². The Morgan fingerprint density at radius 1 is 1.26 bits per heavy atom. The van der Waals surface area contributed by atoms with Crippen molar-refractivity contribution in [2.45, 2.75) is 32.4 Å². The molecule has 0 bridgehead atoms. The van der Waals surface area contributed by atoms with E-state index in [1.54, 1.807) is 23.0 Å². The third-order valence-electron chi connectivity index (χ3n) is 2.94. The zero-order chi connectivity index (χ0) is 13.8. The number of halogens is 2. The van der Waals surface area contributed by atoms with E-state index >= 15 is 0 Å². The van der Waals surface area contributed by atoms with Crippen LogP contribution in [-0.2, 0) is 6.54 Å². The van der Waals surface area contributed by atoms with Crippen LogP contribution in [0.4, 0.5) is 8.78 Å². The second-order valence-electron chi connectivity index (χ2n) is 4.35. The lowest BCUT2D eigenvalue weighted by molar-refractivity contribution is 0.150. The lowest BCUT2D eigenvalue weighted by Gasteiger charge is -2.14. The first-order valence-corrected chi connectivity index (χ1v) is 6.21. The number of hydrogen-bond acceptors (Lipinski definition) is 2. The van der Waals surface area contributed by atoms with Crippen LogP contribution in [0.25, 0.3) is 0 Å². The molecule has 2 rings (SSSR count). The second kappa shape index (κ2) is 5.93. The predicted octanol–water partition coefficient (Wildman–Crippen LogP) is 3.31. The van der Waals surface area contributed by atoms with E-state index in [0.29, 0.717) is 17.8 Å². The van der Waals surface area contributed by atoms with Gasteiger partial charge in [0.2, 0.25) is 0 Å². The van der Waals surface area contributed by atoms with Crippen LogP contribution in [0.15, 0.2) is 36.5 Å². The quantitative estimate of drug-likeness (QED) is 0.901. The molecule has 0 spiro atoms. The van der Waals surface area contributed by atoms with Gasteiger partial charge in [0.05, 0.1) is 5.69 Å². The fourth-order valence-corrected chi connectivity index (χ4v) is 2.01. The highest BCUT2D eigenvalue weighted by Gasteiger charge is 2.17. The Bertz CT molecular complexity index is 540. The van der Waals surface area contributed by atoms with Crippen molar-refractivity contribution in [1.29, 1.82) is 0 Å². The van der Waals surface area contributed by atoms with E-state index in [1.165, 1.54) is 18.2 Å². The fraction of sp³-hybridized carbons (Fsp3) is 0.357. The van der Waals surface area contributed by atoms with Crippen LogP contribution < -0.4 is 0 Å². The standard InChI is InChI=1S/C14H16F2N2O/c1-2-8-18-12(6-7-17-18)13(19)10-4-3-5-11(9-10)14(15)16/h3-7,9,13-14,19H,2,8H2,1H3. The van der Waals surface area contributed by atoms with E-state index in [1.807, 2.05) is 6.92 Å². The smallest absolute Gasteiger partial charge is 0.263 e. The Balaban J connectivity index is 2.30. The monoisotopic (exact) mass is 266 g/mol. The summed E-state index contributed by atoms with van der Waals surface area (Å²) in [6, 6.07) is 7.55. The molecule has 1 aromatic carbocycles. The first-order chi connectivity index (χ1) is 9.13. The SMILES string of the molecule is CCCn1nccc1C(O)c1cccc(C(F)F)c1. The van der Waals surface area contributed by atoms with Crippen LogP contribution in [-0.4, -0.2) is 14.9 Å². The van der Waals surface area contributed by atoms with Gasteiger partial charge >= 0.3 is 0 Å². The molecule has 0 aliphatic heterocycles. The maximum Gasteiger partial charge on any atom is 0.263 e. The Hall–Kier alpha value is -1.75. The largest absolute Gasteiger partial charge is 0.382 e. The number of nitrogens with zero attached hydrogens (tertiary/aromatic N) is 2. The van der Waals surface area contributed by atoms with E-state index < -0.39 is 12.5 Å². The van der Waals surface area contributed by atoms with E-state index in [2.05, 4.69) is 5.10 Å². The summed E-state index contributed by atoms with van der Waals surface area (Å²) < 4.78 is 27.0. The van der Waals surface area contributed by atoms with Gasteiger partial charge in [0, 0.05) is 18.3 Å². The maximum absolute atomic E-state index is 12.7. The molecule has 0 saturated carbocycles. The van der Waals surface area contributed by atoms with Crippen LogP contribution >= 0.6 is 0 Å². The summed E-state index contributed by atoms with van der Waals surface area (Å²) in [4.78, 5) is 0. The normalized spacial score (nSPS) is 12.9. The molecule has 0 aliphatic rings. The average molecular weight is 266 g/mol. The van der Waals surface area contributed by atoms with Crippen LogP contribution in [0.2, 0.25) is 0 Å². The van der Waals surface area contributed by atoms with Gasteiger partial charge in [0.25, 0.3) is 6.43 Å². The van der Waals surface area contributed by atoms with Gasteiger partial charge in [-0.3, -0.25) is 4.68 Å². The van der Waals surface area contributed by atoms with Crippen LogP contribution in [0.5, 0.6) is 0 Å². The summed E-state index contributed by atoms with van der Waals surface area (Å²) in [5.74, 6) is 0. The summed E-state index contributed by atoms with van der Waals surface area (Å²) in [7, 11) is 0. The van der Waals surface area contributed by atoms with Gasteiger partial charge in [-0.05, 0) is 24.1 Å². The first kappa shape index (κ1) is 13.7. The molecule has 2 aromatic rings. The van der Waals surface area contributed by atoms with Crippen molar-refractivity contribution in [1.82, 2.24) is 9.78 Å². The van der Waals surface area contributed by atoms with Crippen LogP contribution in [0, 0.1) is 0 Å². The molecule has 0 radical (unpaired) electrons. The lowest BCUT2D eigenvalue weighted by Crippen LogP contribution is -2.10. The Morgan fingerprint density at radius 2 is 2.00 bits per heavy atom. The number of benzene rings is 1. The number of aryl methyl sites for hydroxylation is 1. The average Bonchev–Trinajstić information content (AvgIpc) is 2.86. The van der Waals surface area contributed by atoms with Crippen molar-refractivity contribution in [3.8, 4) is 0 Å². The van der Waals surface area contributed by atoms with Gasteiger partial charge in [-0.15, -0.1) is 0 Å². The van der Waals surface area contributed by atoms with Crippen molar-refractivity contribution in [3.05, 3.63) is 53.3 Å². The topological polar surface area (TPSA) is 38.0 Å². The third kappa shape index (κ3) is 2.98. The minimum absolute atomic E-state index is 0.0851. The Labute approximate surface area is 110 Å². The van der Waals surface area contributed by atoms with Crippen molar-refractivity contribution < 1.29 is 13.9 Å². The third-order valence-corrected chi connectivity index (χ3v) is 2.94. The van der Waals surface area contributed by atoms with Gasteiger partial charge in [-0.2, -0.15) is 5.10 Å². The highest BCUT2D eigenvalue weighted by molar-refractivity contribution is 5.30. The van der Waals surface area contributed by atoms with Gasteiger partial charge in [0.15, 0.2) is 0 Å². The van der Waals surface area contributed by atoms with E-state index in [0.717, 1.165) is 6.42 Å². The molecule has 1 unspecified atom stereocenters. The molecule has 19 heavy (non-hydrogen) atoms. The van der Waals surface area contributed by atoms with Crippen molar-refractivity contribution >= 4 is 0 Å². The molecule has 1 aromatic heterocycles. The number of rotatable bonds is 5. The number of aliphatic hydroxyl groups is 1. The van der Waals surface area contributed by atoms with Gasteiger partial charge in [0.1, 0.15) is 6.10 Å². The summed E-state index contributed by atoms with van der Waals surface area (Å²) in [5, 5.41) is 14.4. The summed E-state index contributed by atoms with van der Waals surface area (Å²) >= 11 is 0. The van der Waals surface area contributed by atoms with Gasteiger partial charge < -0.3 is 5.11 Å². The zero-order valence-corrected chi connectivity index (χ0v) is 10.6. The first-order valence-electron chi connectivity index (χ1n) is 6.21. The van der Waals surface area contributed by atoms with Crippen molar-refractivity contribution in [3.63, 3.8) is 0 Å². The number of aliphatic hydroxyl groups excluding tert-OH is 1. The van der Waals surface area contributed by atoms with Crippen molar-refractivity contribution in [2.75, 3.05) is 0 Å². The summed E-state index contributed by atoms with van der Waals surface area (Å²) in [5.41, 5.74) is 0.988. The summed E-state index contributed by atoms with van der Waals surface area (Å²) in [6.45, 7) is 2.70. The summed E-state index contributed by atoms with van der Waals surface area (Å²) in [6.07, 6.45) is -0.982. The van der Waals surface area contributed by atoms with Crippen LogP contribution in [0.3, 0.4) is 0 Å². The molecule has 1 N–H and O–H groups in total. The fourth-order valence-electron chi connectivity index (χ4n) is 2.01. The predicted molar refractivity (Wildman–Crippen MR) is 68.0 cm³/mol. The Morgan fingerprint density at radius 3 is 2.68 bits per heavy atom. The van der Waals surface area contributed by atoms with E-state index in [9.17, 15) is 13.9 Å². The molecule has 1 heterocycles. The molecular formula is C14H16F2N2O. The number of aromatic nitrogens is 2. The minimum Gasteiger partial charge on any atom is -0.382 e. The van der Waals surface area contributed by atoms with E-state index in [-0.39, 0.29) is 5.56 Å². The van der Waals surface area contributed by atoms with Gasteiger partial charge in [-0.25, -0.2) is 8.78 Å². The Kier molecular flexibility index (Phi) is 4.27. The molecule has 0 saturated heterocycles. The van der Waals surface area contributed by atoms with Crippen molar-refractivity contribution in [2.24, 2.45) is 0 Å². The number of hydrogen-bond donors (Lipinski definition) is 1. The number of alkyl halides is 2. The molecule has 0 aliphatic carbocycles. The molecule has 3 nitrogen and oxygen atoms in total. The second-order valence-corrected chi connectivity index (χ2v) is 4.35. The molecule has 1 atom stereocenters. The highest BCUT2D eigenvalue weighted by atomic mass is 19.3. The maximum atomic E-state index is 12.7. The zero-order valence-electron chi connectivity index (χ0n) is 10.6. The molecule has 0 amide bonds. The van der Waals surface area contributed by atoms with Crippen LogP contribution in [0.1, 0.15) is 42.7 Å². The molecule has 102 valence electrons. The lowest BCUT2D eigenvalue weighted by atomic mass is 10.0. The highest BCUT2D eigenvalue weighted by Crippen LogP contribution is 2.26.